The molecule has 1 nitrogen and oxygen atoms in total. The molecule has 0 heterocycles. The Bertz CT molecular complexity index is 1030. The van der Waals surface area contributed by atoms with Crippen LogP contribution in [0.4, 0.5) is 17.6 Å². The van der Waals surface area contributed by atoms with Gasteiger partial charge in [-0.2, -0.15) is 8.78 Å². The summed E-state index contributed by atoms with van der Waals surface area (Å²) >= 11 is 0.649. The van der Waals surface area contributed by atoms with Crippen LogP contribution in [0.25, 0.3) is 0 Å². The summed E-state index contributed by atoms with van der Waals surface area (Å²) in [6, 6.07) is 4.43. The lowest BCUT2D eigenvalue weighted by Gasteiger charge is -2.32. The van der Waals surface area contributed by atoms with E-state index in [2.05, 4.69) is 12.1 Å². The first-order valence-corrected chi connectivity index (χ1v) is 15.5. The maximum Gasteiger partial charge on any atom is 0.205 e. The van der Waals surface area contributed by atoms with Crippen LogP contribution in [0.3, 0.4) is 0 Å². The molecule has 3 saturated carbocycles. The van der Waals surface area contributed by atoms with Gasteiger partial charge in [-0.1, -0.05) is 69.9 Å². The molecule has 37 heavy (non-hydrogen) atoms. The minimum absolute atomic E-state index is 0.223. The summed E-state index contributed by atoms with van der Waals surface area (Å²) in [5.74, 6) is -5.26. The number of ether oxygens (including phenoxy) is 1. The Balaban J connectivity index is 1.67. The molecule has 0 aromatic heterocycles. The first-order chi connectivity index (χ1) is 18.0. The second kappa shape index (κ2) is 12.0. The molecule has 0 saturated heterocycles. The van der Waals surface area contributed by atoms with Gasteiger partial charge in [-0.15, -0.1) is 11.8 Å². The Morgan fingerprint density at radius 1 is 0.568 bits per heavy atom. The summed E-state index contributed by atoms with van der Waals surface area (Å²) in [5.41, 5.74) is 3.28. The summed E-state index contributed by atoms with van der Waals surface area (Å²) in [4.78, 5) is -0.657. The van der Waals surface area contributed by atoms with Crippen LogP contribution in [0.15, 0.2) is 17.0 Å². The fraction of sp³-hybridized carbons (Fsp3) is 0.613. The van der Waals surface area contributed by atoms with Crippen molar-refractivity contribution in [2.45, 2.75) is 119 Å². The largest absolute Gasteiger partial charge is 0.450 e. The molecule has 2 aromatic carbocycles. The molecule has 0 unspecified atom stereocenters. The van der Waals surface area contributed by atoms with Crippen molar-refractivity contribution in [2.24, 2.45) is 0 Å². The highest BCUT2D eigenvalue weighted by molar-refractivity contribution is 7.98. The lowest BCUT2D eigenvalue weighted by molar-refractivity contribution is 0.339. The second-order valence-electron chi connectivity index (χ2n) is 11.3. The standard InChI is InChI=1S/C31H38F4OS/c1-37-31-27(34)25(32)30(26(33)28(31)35)36-29-23(20-13-7-3-8-14-20)17-22(19-11-5-2-6-12-19)18-24(29)21-15-9-4-10-16-21/h17-21H,2-16H2,1H3. The van der Waals surface area contributed by atoms with Gasteiger partial charge in [-0.3, -0.25) is 0 Å². The van der Waals surface area contributed by atoms with Crippen LogP contribution in [0, 0.1) is 23.3 Å². The number of thioether (sulfide) groups is 1. The summed E-state index contributed by atoms with van der Waals surface area (Å²) in [6.07, 6.45) is 18.2. The van der Waals surface area contributed by atoms with Gasteiger partial charge >= 0.3 is 0 Å². The number of hydrogen-bond acceptors (Lipinski definition) is 2. The van der Waals surface area contributed by atoms with Crippen LogP contribution in [0.2, 0.25) is 0 Å². The lowest BCUT2D eigenvalue weighted by atomic mass is 9.75. The molecule has 0 bridgehead atoms. The Labute approximate surface area is 222 Å². The highest BCUT2D eigenvalue weighted by Gasteiger charge is 2.32. The molecule has 3 aliphatic carbocycles. The summed E-state index contributed by atoms with van der Waals surface area (Å²) in [5, 5.41) is 0. The van der Waals surface area contributed by atoms with Crippen molar-refractivity contribution in [3.63, 3.8) is 0 Å². The van der Waals surface area contributed by atoms with Crippen LogP contribution in [-0.4, -0.2) is 6.26 Å². The van der Waals surface area contributed by atoms with E-state index < -0.39 is 33.9 Å². The van der Waals surface area contributed by atoms with Crippen molar-refractivity contribution < 1.29 is 22.3 Å². The van der Waals surface area contributed by atoms with Crippen molar-refractivity contribution in [1.29, 1.82) is 0 Å². The third-order valence-electron chi connectivity index (χ3n) is 8.93. The molecule has 0 spiro atoms. The average molecular weight is 535 g/mol. The smallest absolute Gasteiger partial charge is 0.205 e. The molecule has 0 radical (unpaired) electrons. The van der Waals surface area contributed by atoms with E-state index >= 15 is 8.78 Å². The van der Waals surface area contributed by atoms with Gasteiger partial charge in [0.25, 0.3) is 0 Å². The number of rotatable bonds is 6. The number of hydrogen-bond donors (Lipinski definition) is 0. The van der Waals surface area contributed by atoms with E-state index in [1.807, 2.05) is 0 Å². The number of benzene rings is 2. The highest BCUT2D eigenvalue weighted by Crippen LogP contribution is 2.49. The molecule has 6 heteroatoms. The van der Waals surface area contributed by atoms with Gasteiger partial charge in [0.1, 0.15) is 5.75 Å². The fourth-order valence-electron chi connectivity index (χ4n) is 6.88. The van der Waals surface area contributed by atoms with Crippen molar-refractivity contribution in [3.8, 4) is 11.5 Å². The van der Waals surface area contributed by atoms with Crippen molar-refractivity contribution in [1.82, 2.24) is 0 Å². The highest BCUT2D eigenvalue weighted by atomic mass is 32.2. The minimum Gasteiger partial charge on any atom is -0.450 e. The van der Waals surface area contributed by atoms with Crippen molar-refractivity contribution in [3.05, 3.63) is 52.1 Å². The predicted molar refractivity (Wildman–Crippen MR) is 142 cm³/mol. The zero-order valence-corrected chi connectivity index (χ0v) is 22.6. The van der Waals surface area contributed by atoms with Crippen LogP contribution < -0.4 is 4.74 Å². The van der Waals surface area contributed by atoms with E-state index in [0.717, 1.165) is 75.3 Å². The monoisotopic (exact) mass is 534 g/mol. The van der Waals surface area contributed by atoms with Crippen LogP contribution >= 0.6 is 11.8 Å². The summed E-state index contributed by atoms with van der Waals surface area (Å²) < 4.78 is 65.9. The van der Waals surface area contributed by atoms with Crippen LogP contribution in [-0.2, 0) is 0 Å². The van der Waals surface area contributed by atoms with Gasteiger partial charge in [0, 0.05) is 0 Å². The molecule has 3 fully saturated rings. The van der Waals surface area contributed by atoms with E-state index in [1.54, 1.807) is 0 Å². The van der Waals surface area contributed by atoms with Crippen molar-refractivity contribution >= 4 is 11.8 Å². The first kappa shape index (κ1) is 26.9. The molecule has 0 amide bonds. The van der Waals surface area contributed by atoms with E-state index in [1.165, 1.54) is 43.9 Å². The van der Waals surface area contributed by atoms with E-state index in [-0.39, 0.29) is 11.8 Å². The molecular formula is C31H38F4OS. The predicted octanol–water partition coefficient (Wildman–Crippen LogP) is 10.9. The maximum atomic E-state index is 15.2. The van der Waals surface area contributed by atoms with E-state index in [9.17, 15) is 8.78 Å². The Hall–Kier alpha value is -1.69. The van der Waals surface area contributed by atoms with Crippen LogP contribution in [0.1, 0.15) is 131 Å². The molecule has 0 N–H and O–H groups in total. The maximum absolute atomic E-state index is 15.2. The molecule has 2 aromatic rings. The average Bonchev–Trinajstić information content (AvgIpc) is 2.96. The van der Waals surface area contributed by atoms with Gasteiger partial charge < -0.3 is 4.74 Å². The first-order valence-electron chi connectivity index (χ1n) is 14.2. The van der Waals surface area contributed by atoms with Gasteiger partial charge in [-0.05, 0) is 79.2 Å². The van der Waals surface area contributed by atoms with E-state index in [4.69, 9.17) is 4.74 Å². The molecule has 3 aliphatic rings. The minimum atomic E-state index is -1.45. The zero-order valence-electron chi connectivity index (χ0n) is 21.8. The van der Waals surface area contributed by atoms with Gasteiger partial charge in [0.05, 0.1) is 4.90 Å². The topological polar surface area (TPSA) is 9.23 Å². The van der Waals surface area contributed by atoms with Gasteiger partial charge in [0.15, 0.2) is 11.6 Å². The molecule has 0 aliphatic heterocycles. The van der Waals surface area contributed by atoms with Gasteiger partial charge in [0.2, 0.25) is 17.4 Å². The molecule has 5 rings (SSSR count). The summed E-state index contributed by atoms with van der Waals surface area (Å²) in [7, 11) is 0. The normalized spacial score (nSPS) is 20.4. The van der Waals surface area contributed by atoms with Gasteiger partial charge in [-0.25, -0.2) is 8.78 Å². The molecular weight excluding hydrogens is 496 g/mol. The summed E-state index contributed by atoms with van der Waals surface area (Å²) in [6.45, 7) is 0. The quantitative estimate of drug-likeness (QED) is 0.207. The zero-order chi connectivity index (χ0) is 25.9. The lowest BCUT2D eigenvalue weighted by Crippen LogP contribution is -2.15. The SMILES string of the molecule is CSc1c(F)c(F)c(Oc2c(C3CCCCC3)cc(C3CCCCC3)cc2C2CCCCC2)c(F)c1F. The third kappa shape index (κ3) is 5.55. The molecule has 202 valence electrons. The Morgan fingerprint density at radius 3 is 1.38 bits per heavy atom. The van der Waals surface area contributed by atoms with E-state index in [0.29, 0.717) is 23.4 Å². The molecule has 0 atom stereocenters. The van der Waals surface area contributed by atoms with Crippen molar-refractivity contribution in [2.75, 3.05) is 6.26 Å². The number of halogens is 4. The van der Waals surface area contributed by atoms with Crippen LogP contribution in [0.5, 0.6) is 11.5 Å². The third-order valence-corrected chi connectivity index (χ3v) is 9.69. The Morgan fingerprint density at radius 2 is 0.973 bits per heavy atom. The Kier molecular flexibility index (Phi) is 8.73. The second-order valence-corrected chi connectivity index (χ2v) is 12.1. The fourth-order valence-corrected chi connectivity index (χ4v) is 7.42.